The molecule has 0 atom stereocenters. The van der Waals surface area contributed by atoms with Gasteiger partial charge in [0.05, 0.1) is 5.56 Å². The summed E-state index contributed by atoms with van der Waals surface area (Å²) >= 11 is 0. The molecule has 0 heterocycles. The predicted molar refractivity (Wildman–Crippen MR) is 47.5 cm³/mol. The van der Waals surface area contributed by atoms with E-state index >= 15 is 0 Å². The van der Waals surface area contributed by atoms with Gasteiger partial charge < -0.3 is 5.11 Å². The van der Waals surface area contributed by atoms with E-state index in [0.717, 1.165) is 12.2 Å². The third kappa shape index (κ3) is 2.59. The third-order valence-corrected chi connectivity index (χ3v) is 1.65. The van der Waals surface area contributed by atoms with Crippen molar-refractivity contribution in [2.75, 3.05) is 6.67 Å². The maximum absolute atomic E-state index is 12.8. The topological polar surface area (TPSA) is 37.3 Å². The van der Waals surface area contributed by atoms with Gasteiger partial charge in [-0.3, -0.25) is 4.79 Å². The van der Waals surface area contributed by atoms with Crippen molar-refractivity contribution in [3.63, 3.8) is 0 Å². The molecule has 0 saturated carbocycles. The largest absolute Gasteiger partial charge is 0.504 e. The zero-order valence-corrected chi connectivity index (χ0v) is 7.51. The molecule has 1 N–H and O–H groups in total. The third-order valence-electron chi connectivity index (χ3n) is 1.65. The van der Waals surface area contributed by atoms with Gasteiger partial charge in [0.2, 0.25) is 0 Å². The van der Waals surface area contributed by atoms with Crippen LogP contribution < -0.4 is 0 Å². The van der Waals surface area contributed by atoms with Crippen LogP contribution in [0.3, 0.4) is 0 Å². The first-order chi connectivity index (χ1) is 7.06. The van der Waals surface area contributed by atoms with Crippen LogP contribution in [0.1, 0.15) is 10.4 Å². The van der Waals surface area contributed by atoms with Gasteiger partial charge in [0.1, 0.15) is 12.5 Å². The predicted octanol–water partition coefficient (Wildman–Crippen LogP) is 2.38. The number of carbonyl (C=O) groups excluding carboxylic acids is 1. The zero-order chi connectivity index (χ0) is 11.4. The van der Waals surface area contributed by atoms with Crippen LogP contribution >= 0.6 is 0 Å². The Labute approximate surface area is 83.7 Å². The van der Waals surface area contributed by atoms with Crippen LogP contribution in [0.15, 0.2) is 24.3 Å². The zero-order valence-electron chi connectivity index (χ0n) is 7.51. The lowest BCUT2D eigenvalue weighted by Crippen LogP contribution is -1.98. The van der Waals surface area contributed by atoms with Crippen molar-refractivity contribution in [2.45, 2.75) is 0 Å². The Morgan fingerprint density at radius 3 is 2.67 bits per heavy atom. The highest BCUT2D eigenvalue weighted by atomic mass is 19.1. The molecule has 1 aromatic rings. The van der Waals surface area contributed by atoms with E-state index < -0.39 is 35.4 Å². The maximum Gasteiger partial charge on any atom is 0.189 e. The normalized spacial score (nSPS) is 10.9. The molecular weight excluding hydrogens is 209 g/mol. The SMILES string of the molecule is O=C(/C=C/CF)c1cc(F)cc(F)c1O. The molecular formula is C10H7F3O2. The Morgan fingerprint density at radius 2 is 2.07 bits per heavy atom. The molecule has 0 radical (unpaired) electrons. The van der Waals surface area contributed by atoms with Crippen LogP contribution in [0.25, 0.3) is 0 Å². The Balaban J connectivity index is 3.14. The van der Waals surface area contributed by atoms with Crippen LogP contribution in [-0.4, -0.2) is 17.6 Å². The number of rotatable bonds is 3. The van der Waals surface area contributed by atoms with E-state index in [9.17, 15) is 18.0 Å². The van der Waals surface area contributed by atoms with Crippen LogP contribution in [0, 0.1) is 11.6 Å². The molecule has 0 unspecified atom stereocenters. The highest BCUT2D eigenvalue weighted by Gasteiger charge is 2.14. The van der Waals surface area contributed by atoms with E-state index in [1.807, 2.05) is 0 Å². The molecule has 0 saturated heterocycles. The summed E-state index contributed by atoms with van der Waals surface area (Å²) in [7, 11) is 0. The summed E-state index contributed by atoms with van der Waals surface area (Å²) in [5, 5.41) is 9.10. The number of allylic oxidation sites excluding steroid dienone is 2. The van der Waals surface area contributed by atoms with Crippen LogP contribution in [-0.2, 0) is 0 Å². The highest BCUT2D eigenvalue weighted by molar-refractivity contribution is 6.06. The van der Waals surface area contributed by atoms with Gasteiger partial charge in [0.15, 0.2) is 17.3 Å². The summed E-state index contributed by atoms with van der Waals surface area (Å²) in [5.74, 6) is -4.01. The molecule has 15 heavy (non-hydrogen) atoms. The van der Waals surface area contributed by atoms with Crippen LogP contribution in [0.2, 0.25) is 0 Å². The summed E-state index contributed by atoms with van der Waals surface area (Å²) in [5.41, 5.74) is -0.530. The smallest absolute Gasteiger partial charge is 0.189 e. The molecule has 80 valence electrons. The standard InChI is InChI=1S/C10H7F3O2/c11-3-1-2-9(14)7-4-6(12)5-8(13)10(7)15/h1-2,4-5,15H,3H2/b2-1+. The summed E-state index contributed by atoms with van der Waals surface area (Å²) in [6, 6.07) is 1.13. The monoisotopic (exact) mass is 216 g/mol. The summed E-state index contributed by atoms with van der Waals surface area (Å²) < 4.78 is 37.1. The van der Waals surface area contributed by atoms with Gasteiger partial charge in [-0.2, -0.15) is 0 Å². The number of halogens is 3. The van der Waals surface area contributed by atoms with Crippen molar-refractivity contribution in [3.8, 4) is 5.75 Å². The van der Waals surface area contributed by atoms with Crippen molar-refractivity contribution < 1.29 is 23.1 Å². The van der Waals surface area contributed by atoms with Crippen LogP contribution in [0.4, 0.5) is 13.2 Å². The molecule has 0 bridgehead atoms. The Kier molecular flexibility index (Phi) is 3.49. The van der Waals surface area contributed by atoms with E-state index in [-0.39, 0.29) is 0 Å². The number of benzene rings is 1. The fraction of sp³-hybridized carbons (Fsp3) is 0.100. The number of aromatic hydroxyl groups is 1. The van der Waals surface area contributed by atoms with Crippen molar-refractivity contribution in [3.05, 3.63) is 41.5 Å². The van der Waals surface area contributed by atoms with E-state index in [1.54, 1.807) is 0 Å². The van der Waals surface area contributed by atoms with Gasteiger partial charge in [-0.1, -0.05) is 0 Å². The van der Waals surface area contributed by atoms with Crippen molar-refractivity contribution in [2.24, 2.45) is 0 Å². The number of phenolic OH excluding ortho intramolecular Hbond substituents is 1. The van der Waals surface area contributed by atoms with Gasteiger partial charge in [-0.15, -0.1) is 0 Å². The van der Waals surface area contributed by atoms with Gasteiger partial charge in [0, 0.05) is 6.07 Å². The maximum atomic E-state index is 12.8. The van der Waals surface area contributed by atoms with E-state index in [1.165, 1.54) is 0 Å². The lowest BCUT2D eigenvalue weighted by Gasteiger charge is -2.01. The second-order valence-electron chi connectivity index (χ2n) is 2.70. The van der Waals surface area contributed by atoms with Crippen molar-refractivity contribution in [1.82, 2.24) is 0 Å². The van der Waals surface area contributed by atoms with Gasteiger partial charge >= 0.3 is 0 Å². The average molecular weight is 216 g/mol. The summed E-state index contributed by atoms with van der Waals surface area (Å²) in [4.78, 5) is 11.2. The fourth-order valence-electron chi connectivity index (χ4n) is 0.995. The molecule has 0 amide bonds. The van der Waals surface area contributed by atoms with Gasteiger partial charge in [0.25, 0.3) is 0 Å². The molecule has 0 aromatic heterocycles. The molecule has 0 aliphatic rings. The first kappa shape index (κ1) is 11.3. The number of hydrogen-bond acceptors (Lipinski definition) is 2. The van der Waals surface area contributed by atoms with Crippen LogP contribution in [0.5, 0.6) is 5.75 Å². The fourth-order valence-corrected chi connectivity index (χ4v) is 0.995. The highest BCUT2D eigenvalue weighted by Crippen LogP contribution is 2.23. The van der Waals surface area contributed by atoms with Crippen molar-refractivity contribution in [1.29, 1.82) is 0 Å². The molecule has 0 spiro atoms. The number of phenols is 1. The molecule has 1 rings (SSSR count). The molecule has 0 aliphatic carbocycles. The molecule has 2 nitrogen and oxygen atoms in total. The molecule has 1 aromatic carbocycles. The van der Waals surface area contributed by atoms with E-state index in [4.69, 9.17) is 5.11 Å². The lowest BCUT2D eigenvalue weighted by atomic mass is 10.1. The molecule has 0 fully saturated rings. The number of alkyl halides is 1. The second-order valence-corrected chi connectivity index (χ2v) is 2.70. The summed E-state index contributed by atoms with van der Waals surface area (Å²) in [6.07, 6.45) is 1.68. The Bertz CT molecular complexity index is 413. The first-order valence-electron chi connectivity index (χ1n) is 4.01. The minimum absolute atomic E-state index is 0.449. The Morgan fingerprint density at radius 1 is 1.40 bits per heavy atom. The van der Waals surface area contributed by atoms with Gasteiger partial charge in [-0.25, -0.2) is 13.2 Å². The van der Waals surface area contributed by atoms with Crippen molar-refractivity contribution >= 4 is 5.78 Å². The average Bonchev–Trinajstić information content (AvgIpc) is 2.19. The minimum Gasteiger partial charge on any atom is -0.504 e. The number of hydrogen-bond donors (Lipinski definition) is 1. The number of carbonyl (C=O) groups is 1. The minimum atomic E-state index is -1.23. The molecule has 5 heteroatoms. The quantitative estimate of drug-likeness (QED) is 0.622. The Hall–Kier alpha value is -1.78. The number of ketones is 1. The lowest BCUT2D eigenvalue weighted by molar-refractivity contribution is 0.104. The van der Waals surface area contributed by atoms with E-state index in [2.05, 4.69) is 0 Å². The first-order valence-corrected chi connectivity index (χ1v) is 4.01. The van der Waals surface area contributed by atoms with Gasteiger partial charge in [-0.05, 0) is 18.2 Å². The molecule has 0 aliphatic heterocycles. The second kappa shape index (κ2) is 4.63. The van der Waals surface area contributed by atoms with E-state index in [0.29, 0.717) is 12.1 Å². The summed E-state index contributed by atoms with van der Waals surface area (Å²) in [6.45, 7) is -0.871.